The molecule has 3 fully saturated rings. The summed E-state index contributed by atoms with van der Waals surface area (Å²) in [5.74, 6) is 0.694. The third kappa shape index (κ3) is 18.2. The Morgan fingerprint density at radius 3 is 1.49 bits per heavy atom. The summed E-state index contributed by atoms with van der Waals surface area (Å²) in [7, 11) is -3.93. The van der Waals surface area contributed by atoms with Crippen LogP contribution in [0.3, 0.4) is 0 Å². The summed E-state index contributed by atoms with van der Waals surface area (Å²) >= 11 is -1.22. The Hall–Kier alpha value is -2.41. The number of ether oxygens (including phenoxy) is 1. The Morgan fingerprint density at radius 2 is 1.04 bits per heavy atom. The van der Waals surface area contributed by atoms with Gasteiger partial charge in [0.1, 0.15) is 16.9 Å². The summed E-state index contributed by atoms with van der Waals surface area (Å²) in [6, 6.07) is 13.7. The molecule has 1 atom stereocenters. The number of hydrogen-bond donors (Lipinski definition) is 0. The summed E-state index contributed by atoms with van der Waals surface area (Å²) in [5.41, 5.74) is 1.40. The number of pyridine rings is 1. The molecule has 0 N–H and O–H groups in total. The van der Waals surface area contributed by atoms with Gasteiger partial charge in [-0.15, -0.1) is 0 Å². The topological polar surface area (TPSA) is 92.3 Å². The first-order chi connectivity index (χ1) is 33.8. The highest BCUT2D eigenvalue weighted by Crippen LogP contribution is 2.39. The molecular formula is C58H95N5O4S2. The summed E-state index contributed by atoms with van der Waals surface area (Å²) in [5, 5.41) is 0.746. The highest BCUT2D eigenvalue weighted by atomic mass is 32.2. The average Bonchev–Trinajstić information content (AvgIpc) is 3.38. The average molecular weight is 991 g/mol. The van der Waals surface area contributed by atoms with Gasteiger partial charge in [0.05, 0.1) is 22.7 Å². The van der Waals surface area contributed by atoms with Gasteiger partial charge >= 0.3 is 0 Å². The standard InChI is InChI=1S/C58H95N5O4S2/c1-4-6-7-8-9-10-11-12-13-14-15-16-17-18-19-20-21-22-23-24-25-26-27-28-47-67-52-29-32-54(33-30-52)69(65,66)57-49-59-56-34-31-53(68(3)64)48-55(56)58(57)63-41-37-51(38-42-63)62-45-43-61(44-46-62)50-35-39-60(5-2)40-36-50/h29-34,48-51H,4-28,35-47H2,1-3H3. The highest BCUT2D eigenvalue weighted by molar-refractivity contribution is 7.91. The lowest BCUT2D eigenvalue weighted by molar-refractivity contribution is 0.0384. The predicted octanol–water partition coefficient (Wildman–Crippen LogP) is 13.6. The number of aromatic nitrogens is 1. The number of sulfone groups is 1. The van der Waals surface area contributed by atoms with E-state index in [1.165, 1.54) is 173 Å². The van der Waals surface area contributed by atoms with Gasteiger partial charge in [0.15, 0.2) is 4.90 Å². The third-order valence-electron chi connectivity index (χ3n) is 16.0. The van der Waals surface area contributed by atoms with Gasteiger partial charge in [0.25, 0.3) is 0 Å². The van der Waals surface area contributed by atoms with Crippen molar-refractivity contribution in [2.24, 2.45) is 0 Å². The first-order valence-corrected chi connectivity index (χ1v) is 31.5. The lowest BCUT2D eigenvalue weighted by Crippen LogP contribution is -2.56. The summed E-state index contributed by atoms with van der Waals surface area (Å²) in [4.78, 5) is 16.0. The van der Waals surface area contributed by atoms with Gasteiger partial charge in [-0.25, -0.2) is 8.42 Å². The second-order valence-corrected chi connectivity index (χ2v) is 24.3. The molecule has 9 nitrogen and oxygen atoms in total. The van der Waals surface area contributed by atoms with Crippen molar-refractivity contribution in [2.75, 3.05) is 76.7 Å². The molecule has 1 unspecified atom stereocenters. The monoisotopic (exact) mass is 990 g/mol. The SMILES string of the molecule is CCCCCCCCCCCCCCCCCCCCCCCCCCOc1ccc(S(=O)(=O)c2cnc3ccc([S+](C)[O-])cc3c2N2CCC(N3CCN(C4CCN(CC)CC4)CC3)CC2)cc1. The molecule has 0 radical (unpaired) electrons. The molecule has 69 heavy (non-hydrogen) atoms. The van der Waals surface area contributed by atoms with Crippen LogP contribution in [-0.4, -0.2) is 117 Å². The fourth-order valence-corrected chi connectivity index (χ4v) is 13.4. The van der Waals surface area contributed by atoms with Crippen LogP contribution in [0.4, 0.5) is 5.69 Å². The molecule has 388 valence electrons. The molecule has 0 aliphatic carbocycles. The number of nitrogens with zero attached hydrogens (tertiary/aromatic N) is 5. The first kappa shape index (κ1) is 55.9. The van der Waals surface area contributed by atoms with Gasteiger partial charge in [-0.2, -0.15) is 0 Å². The van der Waals surface area contributed by atoms with E-state index in [4.69, 9.17) is 4.74 Å². The Kier molecular flexibility index (Phi) is 25.3. The van der Waals surface area contributed by atoms with Gasteiger partial charge in [0, 0.05) is 69.0 Å². The Bertz CT molecular complexity index is 1960. The van der Waals surface area contributed by atoms with Crippen molar-refractivity contribution in [3.8, 4) is 5.75 Å². The summed E-state index contributed by atoms with van der Waals surface area (Å²) in [6.07, 6.45) is 40.8. The molecule has 1 aromatic heterocycles. The molecule has 3 saturated heterocycles. The number of benzene rings is 2. The zero-order valence-electron chi connectivity index (χ0n) is 43.8. The Labute approximate surface area is 424 Å². The molecule has 0 amide bonds. The highest BCUT2D eigenvalue weighted by Gasteiger charge is 2.34. The number of fused-ring (bicyclic) bond motifs is 1. The summed E-state index contributed by atoms with van der Waals surface area (Å²) < 4.78 is 47.9. The number of piperazine rings is 1. The molecule has 2 aromatic carbocycles. The van der Waals surface area contributed by atoms with Gasteiger partial charge in [-0.1, -0.05) is 162 Å². The molecular weight excluding hydrogens is 895 g/mol. The van der Waals surface area contributed by atoms with Gasteiger partial charge in [-0.3, -0.25) is 14.8 Å². The molecule has 6 rings (SSSR count). The predicted molar refractivity (Wildman–Crippen MR) is 291 cm³/mol. The van der Waals surface area contributed by atoms with E-state index in [9.17, 15) is 13.0 Å². The quantitative estimate of drug-likeness (QED) is 0.0437. The molecule has 0 bridgehead atoms. The maximum absolute atomic E-state index is 14.6. The van der Waals surface area contributed by atoms with E-state index < -0.39 is 21.0 Å². The van der Waals surface area contributed by atoms with Crippen molar-refractivity contribution in [3.63, 3.8) is 0 Å². The molecule has 3 aromatic rings. The minimum atomic E-state index is -3.93. The van der Waals surface area contributed by atoms with Crippen molar-refractivity contribution in [1.82, 2.24) is 19.7 Å². The minimum Gasteiger partial charge on any atom is -0.612 e. The van der Waals surface area contributed by atoms with Crippen molar-refractivity contribution < 1.29 is 17.7 Å². The van der Waals surface area contributed by atoms with Crippen molar-refractivity contribution >= 4 is 37.6 Å². The normalized spacial score (nSPS) is 17.8. The number of hydrogen-bond acceptors (Lipinski definition) is 9. The maximum atomic E-state index is 14.6. The van der Waals surface area contributed by atoms with E-state index >= 15 is 0 Å². The van der Waals surface area contributed by atoms with E-state index in [1.807, 2.05) is 18.2 Å². The second-order valence-electron chi connectivity index (χ2n) is 21.0. The number of piperidine rings is 2. The second kappa shape index (κ2) is 31.2. The zero-order valence-corrected chi connectivity index (χ0v) is 45.5. The first-order valence-electron chi connectivity index (χ1n) is 28.5. The van der Waals surface area contributed by atoms with E-state index in [0.29, 0.717) is 40.5 Å². The maximum Gasteiger partial charge on any atom is 0.210 e. The fraction of sp³-hybridized carbons (Fsp3) is 0.741. The zero-order chi connectivity index (χ0) is 48.5. The molecule has 3 aliphatic rings. The lowest BCUT2D eigenvalue weighted by Gasteiger charge is -2.46. The smallest absolute Gasteiger partial charge is 0.210 e. The summed E-state index contributed by atoms with van der Waals surface area (Å²) in [6.45, 7) is 14.8. The van der Waals surface area contributed by atoms with Crippen LogP contribution in [0.25, 0.3) is 10.9 Å². The molecule has 0 saturated carbocycles. The van der Waals surface area contributed by atoms with E-state index in [1.54, 1.807) is 30.5 Å². The number of anilines is 1. The van der Waals surface area contributed by atoms with E-state index in [-0.39, 0.29) is 9.79 Å². The van der Waals surface area contributed by atoms with Crippen LogP contribution in [-0.2, 0) is 21.0 Å². The number of unbranched alkanes of at least 4 members (excludes halogenated alkanes) is 23. The Balaban J connectivity index is 0.865. The van der Waals surface area contributed by atoms with Crippen LogP contribution in [0.2, 0.25) is 0 Å². The van der Waals surface area contributed by atoms with Crippen LogP contribution in [0, 0.1) is 0 Å². The molecule has 11 heteroatoms. The minimum absolute atomic E-state index is 0.212. The van der Waals surface area contributed by atoms with Gasteiger partial charge < -0.3 is 19.1 Å². The van der Waals surface area contributed by atoms with Gasteiger partial charge in [0.2, 0.25) is 9.84 Å². The van der Waals surface area contributed by atoms with Crippen LogP contribution in [0.5, 0.6) is 5.75 Å². The van der Waals surface area contributed by atoms with Crippen LogP contribution in [0.15, 0.2) is 63.3 Å². The third-order valence-corrected chi connectivity index (χ3v) is 18.7. The van der Waals surface area contributed by atoms with E-state index in [0.717, 1.165) is 76.9 Å². The number of rotatable bonds is 33. The van der Waals surface area contributed by atoms with E-state index in [2.05, 4.69) is 38.4 Å². The van der Waals surface area contributed by atoms with Crippen molar-refractivity contribution in [3.05, 3.63) is 48.7 Å². The van der Waals surface area contributed by atoms with Crippen molar-refractivity contribution in [1.29, 1.82) is 0 Å². The molecule has 4 heterocycles. The largest absolute Gasteiger partial charge is 0.612 e. The van der Waals surface area contributed by atoms with Crippen LogP contribution >= 0.6 is 0 Å². The fourth-order valence-electron chi connectivity index (χ4n) is 11.5. The Morgan fingerprint density at radius 1 is 0.594 bits per heavy atom. The van der Waals surface area contributed by atoms with Crippen molar-refractivity contribution in [2.45, 2.75) is 220 Å². The van der Waals surface area contributed by atoms with Crippen LogP contribution < -0.4 is 9.64 Å². The number of likely N-dealkylation sites (tertiary alicyclic amines) is 1. The molecule has 3 aliphatic heterocycles. The van der Waals surface area contributed by atoms with Crippen LogP contribution in [0.1, 0.15) is 194 Å². The van der Waals surface area contributed by atoms with Gasteiger partial charge in [-0.05, 0) is 99.3 Å². The molecule has 0 spiro atoms. The lowest BCUT2D eigenvalue weighted by atomic mass is 9.99.